The number of hydrogen-bond acceptors (Lipinski definition) is 3. The summed E-state index contributed by atoms with van der Waals surface area (Å²) in [4.78, 5) is 11.2. The van der Waals surface area contributed by atoms with Gasteiger partial charge in [0.1, 0.15) is 6.04 Å². The number of carboxylic acids is 1. The molecule has 2 unspecified atom stereocenters. The van der Waals surface area contributed by atoms with E-state index in [4.69, 9.17) is 4.74 Å². The van der Waals surface area contributed by atoms with Crippen LogP contribution in [0.1, 0.15) is 25.3 Å². The SMILES string of the molecule is CCCC(NC(COC)Cc1ccccc1)C(=O)O. The molecule has 19 heavy (non-hydrogen) atoms. The number of carbonyl (C=O) groups is 1. The highest BCUT2D eigenvalue weighted by atomic mass is 16.5. The second-order valence-corrected chi connectivity index (χ2v) is 4.69. The van der Waals surface area contributed by atoms with Crippen LogP contribution in [-0.2, 0) is 16.0 Å². The van der Waals surface area contributed by atoms with Crippen molar-refractivity contribution in [1.82, 2.24) is 5.32 Å². The van der Waals surface area contributed by atoms with Crippen molar-refractivity contribution >= 4 is 5.97 Å². The van der Waals surface area contributed by atoms with Crippen molar-refractivity contribution in [2.24, 2.45) is 0 Å². The highest BCUT2D eigenvalue weighted by molar-refractivity contribution is 5.73. The third-order valence-electron chi connectivity index (χ3n) is 3.01. The van der Waals surface area contributed by atoms with Gasteiger partial charge in [-0.05, 0) is 18.4 Å². The minimum absolute atomic E-state index is 0.0139. The van der Waals surface area contributed by atoms with Crippen molar-refractivity contribution in [3.05, 3.63) is 35.9 Å². The Bertz CT molecular complexity index is 367. The van der Waals surface area contributed by atoms with E-state index in [1.165, 1.54) is 5.56 Å². The van der Waals surface area contributed by atoms with Crippen molar-refractivity contribution in [3.8, 4) is 0 Å². The largest absolute Gasteiger partial charge is 0.480 e. The molecule has 2 atom stereocenters. The van der Waals surface area contributed by atoms with Crippen LogP contribution in [0.2, 0.25) is 0 Å². The molecule has 4 heteroatoms. The molecule has 0 bridgehead atoms. The van der Waals surface area contributed by atoms with E-state index in [-0.39, 0.29) is 6.04 Å². The summed E-state index contributed by atoms with van der Waals surface area (Å²) in [5.74, 6) is -0.795. The van der Waals surface area contributed by atoms with Gasteiger partial charge in [0.15, 0.2) is 0 Å². The molecule has 0 spiro atoms. The Hall–Kier alpha value is -1.39. The lowest BCUT2D eigenvalue weighted by Gasteiger charge is -2.22. The molecule has 2 N–H and O–H groups in total. The normalized spacial score (nSPS) is 14.0. The minimum Gasteiger partial charge on any atom is -0.480 e. The number of nitrogens with one attached hydrogen (secondary N) is 1. The van der Waals surface area contributed by atoms with Crippen LogP contribution in [-0.4, -0.2) is 36.9 Å². The molecule has 0 aliphatic heterocycles. The summed E-state index contributed by atoms with van der Waals surface area (Å²) in [7, 11) is 1.63. The molecule has 0 aromatic heterocycles. The average Bonchev–Trinajstić information content (AvgIpc) is 2.39. The highest BCUT2D eigenvalue weighted by Crippen LogP contribution is 2.06. The molecule has 0 heterocycles. The first kappa shape index (κ1) is 15.7. The fraction of sp³-hybridized carbons (Fsp3) is 0.533. The van der Waals surface area contributed by atoms with Crippen LogP contribution in [0.15, 0.2) is 30.3 Å². The molecule has 0 aliphatic carbocycles. The summed E-state index contributed by atoms with van der Waals surface area (Å²) in [5.41, 5.74) is 1.18. The molecule has 106 valence electrons. The summed E-state index contributed by atoms with van der Waals surface area (Å²) in [6.45, 7) is 2.49. The van der Waals surface area contributed by atoms with Crippen LogP contribution >= 0.6 is 0 Å². The van der Waals surface area contributed by atoms with E-state index in [9.17, 15) is 9.90 Å². The lowest BCUT2D eigenvalue weighted by Crippen LogP contribution is -2.46. The van der Waals surface area contributed by atoms with Crippen molar-refractivity contribution in [2.45, 2.75) is 38.3 Å². The molecule has 0 saturated carbocycles. The minimum atomic E-state index is -0.795. The number of rotatable bonds is 9. The van der Waals surface area contributed by atoms with E-state index < -0.39 is 12.0 Å². The lowest BCUT2D eigenvalue weighted by atomic mass is 10.0. The summed E-state index contributed by atoms with van der Waals surface area (Å²) in [5, 5.41) is 12.4. The van der Waals surface area contributed by atoms with Crippen LogP contribution in [0.4, 0.5) is 0 Å². The fourth-order valence-corrected chi connectivity index (χ4v) is 2.12. The maximum atomic E-state index is 11.2. The molecular formula is C15H23NO3. The molecule has 1 aromatic rings. The average molecular weight is 265 g/mol. The van der Waals surface area contributed by atoms with Gasteiger partial charge < -0.3 is 9.84 Å². The van der Waals surface area contributed by atoms with Crippen LogP contribution in [0.25, 0.3) is 0 Å². The molecule has 4 nitrogen and oxygen atoms in total. The number of aliphatic carboxylic acids is 1. The molecule has 0 radical (unpaired) electrons. The van der Waals surface area contributed by atoms with Gasteiger partial charge >= 0.3 is 5.97 Å². The Kier molecular flexibility index (Phi) is 7.15. The third-order valence-corrected chi connectivity index (χ3v) is 3.01. The zero-order valence-electron chi connectivity index (χ0n) is 11.6. The van der Waals surface area contributed by atoms with Crippen molar-refractivity contribution in [2.75, 3.05) is 13.7 Å². The zero-order chi connectivity index (χ0) is 14.1. The Balaban J connectivity index is 2.63. The van der Waals surface area contributed by atoms with E-state index in [1.54, 1.807) is 7.11 Å². The van der Waals surface area contributed by atoms with Crippen LogP contribution in [0.5, 0.6) is 0 Å². The van der Waals surface area contributed by atoms with Gasteiger partial charge in [-0.25, -0.2) is 0 Å². The second-order valence-electron chi connectivity index (χ2n) is 4.69. The topological polar surface area (TPSA) is 58.6 Å². The predicted molar refractivity (Wildman–Crippen MR) is 75.3 cm³/mol. The molecule has 1 aromatic carbocycles. The van der Waals surface area contributed by atoms with Crippen LogP contribution in [0.3, 0.4) is 0 Å². The molecule has 0 amide bonds. The van der Waals surface area contributed by atoms with Gasteiger partial charge in [0.25, 0.3) is 0 Å². The maximum absolute atomic E-state index is 11.2. The maximum Gasteiger partial charge on any atom is 0.320 e. The number of benzene rings is 1. The van der Waals surface area contributed by atoms with Gasteiger partial charge in [-0.15, -0.1) is 0 Å². The van der Waals surface area contributed by atoms with Gasteiger partial charge in [-0.3, -0.25) is 10.1 Å². The first-order chi connectivity index (χ1) is 9.17. The van der Waals surface area contributed by atoms with Gasteiger partial charge in [-0.1, -0.05) is 43.7 Å². The lowest BCUT2D eigenvalue weighted by molar-refractivity contribution is -0.140. The Morgan fingerprint density at radius 2 is 2.05 bits per heavy atom. The third kappa shape index (κ3) is 5.85. The van der Waals surface area contributed by atoms with Crippen LogP contribution in [0, 0.1) is 0 Å². The molecular weight excluding hydrogens is 242 g/mol. The Labute approximate surface area is 114 Å². The monoisotopic (exact) mass is 265 g/mol. The van der Waals surface area contributed by atoms with E-state index in [0.717, 1.165) is 12.8 Å². The molecule has 1 rings (SSSR count). The van der Waals surface area contributed by atoms with E-state index in [2.05, 4.69) is 5.32 Å². The van der Waals surface area contributed by atoms with E-state index in [1.807, 2.05) is 37.3 Å². The summed E-state index contributed by atoms with van der Waals surface area (Å²) in [6, 6.07) is 9.54. The number of ether oxygens (including phenoxy) is 1. The highest BCUT2D eigenvalue weighted by Gasteiger charge is 2.20. The van der Waals surface area contributed by atoms with E-state index in [0.29, 0.717) is 13.0 Å². The smallest absolute Gasteiger partial charge is 0.320 e. The first-order valence-electron chi connectivity index (χ1n) is 6.69. The van der Waals surface area contributed by atoms with Crippen LogP contribution < -0.4 is 5.32 Å². The molecule has 0 fully saturated rings. The zero-order valence-corrected chi connectivity index (χ0v) is 11.6. The van der Waals surface area contributed by atoms with Gasteiger partial charge in [0.05, 0.1) is 6.61 Å². The molecule has 0 aliphatic rings. The Morgan fingerprint density at radius 1 is 1.37 bits per heavy atom. The Morgan fingerprint density at radius 3 is 2.58 bits per heavy atom. The van der Waals surface area contributed by atoms with Crippen molar-refractivity contribution < 1.29 is 14.6 Å². The van der Waals surface area contributed by atoms with E-state index >= 15 is 0 Å². The van der Waals surface area contributed by atoms with Crippen molar-refractivity contribution in [3.63, 3.8) is 0 Å². The first-order valence-corrected chi connectivity index (χ1v) is 6.69. The number of methoxy groups -OCH3 is 1. The summed E-state index contributed by atoms with van der Waals surface area (Å²) >= 11 is 0. The number of hydrogen-bond donors (Lipinski definition) is 2. The fourth-order valence-electron chi connectivity index (χ4n) is 2.12. The summed E-state index contributed by atoms with van der Waals surface area (Å²) in [6.07, 6.45) is 2.24. The number of carboxylic acid groups (broad SMARTS) is 1. The van der Waals surface area contributed by atoms with Gasteiger partial charge in [-0.2, -0.15) is 0 Å². The quantitative estimate of drug-likeness (QED) is 0.718. The molecule has 0 saturated heterocycles. The standard InChI is InChI=1S/C15H23NO3/c1-3-7-14(15(17)18)16-13(11-19-2)10-12-8-5-4-6-9-12/h4-6,8-9,13-14,16H,3,7,10-11H2,1-2H3,(H,17,18). The van der Waals surface area contributed by atoms with Gasteiger partial charge in [0.2, 0.25) is 0 Å². The predicted octanol–water partition coefficient (Wildman–Crippen LogP) is 2.09. The van der Waals surface area contributed by atoms with Gasteiger partial charge in [0, 0.05) is 13.2 Å². The summed E-state index contributed by atoms with van der Waals surface area (Å²) < 4.78 is 5.18. The second kappa shape index (κ2) is 8.67. The van der Waals surface area contributed by atoms with Crippen molar-refractivity contribution in [1.29, 1.82) is 0 Å².